The van der Waals surface area contributed by atoms with Crippen molar-refractivity contribution in [1.82, 2.24) is 10.0 Å². The Labute approximate surface area is 173 Å². The summed E-state index contributed by atoms with van der Waals surface area (Å²) in [6.07, 6.45) is 0.264. The monoisotopic (exact) mass is 418 g/mol. The maximum atomic E-state index is 13.0. The minimum absolute atomic E-state index is 0.105. The lowest BCUT2D eigenvalue weighted by Gasteiger charge is -2.20. The van der Waals surface area contributed by atoms with Crippen LogP contribution in [0.4, 0.5) is 0 Å². The number of ether oxygens (including phenoxy) is 1. The number of hydrogen-bond acceptors (Lipinski definition) is 4. The van der Waals surface area contributed by atoms with Crippen molar-refractivity contribution in [3.8, 4) is 5.75 Å². The highest BCUT2D eigenvalue weighted by Gasteiger charge is 2.26. The predicted octanol–water partition coefficient (Wildman–Crippen LogP) is 3.06. The summed E-state index contributed by atoms with van der Waals surface area (Å²) in [5, 5.41) is 2.83. The number of amides is 1. The van der Waals surface area contributed by atoms with E-state index in [1.165, 1.54) is 6.07 Å². The Bertz CT molecular complexity index is 912. The second kappa shape index (κ2) is 10.4. The first-order chi connectivity index (χ1) is 13.7. The number of sulfonamides is 1. The van der Waals surface area contributed by atoms with Gasteiger partial charge in [-0.15, -0.1) is 0 Å². The van der Waals surface area contributed by atoms with Gasteiger partial charge in [-0.25, -0.2) is 8.42 Å². The lowest BCUT2D eigenvalue weighted by Crippen LogP contribution is -2.48. The lowest BCUT2D eigenvalue weighted by atomic mass is 10.1. The van der Waals surface area contributed by atoms with Crippen molar-refractivity contribution in [1.29, 1.82) is 0 Å². The van der Waals surface area contributed by atoms with Crippen molar-refractivity contribution in [3.05, 3.63) is 59.7 Å². The van der Waals surface area contributed by atoms with Gasteiger partial charge in [-0.1, -0.05) is 44.2 Å². The molecule has 2 aromatic carbocycles. The third-order valence-corrected chi connectivity index (χ3v) is 5.81. The van der Waals surface area contributed by atoms with Crippen LogP contribution in [0, 0.1) is 12.8 Å². The molecule has 1 amide bonds. The topological polar surface area (TPSA) is 84.5 Å². The van der Waals surface area contributed by atoms with Gasteiger partial charge in [-0.05, 0) is 55.5 Å². The Morgan fingerprint density at radius 1 is 1.10 bits per heavy atom. The van der Waals surface area contributed by atoms with Gasteiger partial charge in [0.05, 0.1) is 11.5 Å². The zero-order valence-corrected chi connectivity index (χ0v) is 18.3. The molecule has 2 N–H and O–H groups in total. The maximum Gasteiger partial charge on any atom is 0.241 e. The van der Waals surface area contributed by atoms with Crippen LogP contribution in [0.3, 0.4) is 0 Å². The fourth-order valence-electron chi connectivity index (χ4n) is 2.83. The van der Waals surface area contributed by atoms with Crippen LogP contribution < -0.4 is 14.8 Å². The van der Waals surface area contributed by atoms with Crippen LogP contribution >= 0.6 is 0 Å². The van der Waals surface area contributed by atoms with E-state index in [1.807, 2.05) is 51.1 Å². The van der Waals surface area contributed by atoms with Crippen molar-refractivity contribution < 1.29 is 17.9 Å². The van der Waals surface area contributed by atoms with Gasteiger partial charge in [0.15, 0.2) is 0 Å². The average Bonchev–Trinajstić information content (AvgIpc) is 2.68. The number of carbonyl (C=O) groups is 1. The number of aryl methyl sites for hydroxylation is 1. The number of rotatable bonds is 10. The summed E-state index contributed by atoms with van der Waals surface area (Å²) in [6.45, 7) is 8.61. The highest BCUT2D eigenvalue weighted by molar-refractivity contribution is 7.89. The second-order valence-corrected chi connectivity index (χ2v) is 9.08. The van der Waals surface area contributed by atoms with Crippen molar-refractivity contribution in [2.75, 3.05) is 13.2 Å². The molecule has 0 aliphatic heterocycles. The maximum absolute atomic E-state index is 13.0. The largest absolute Gasteiger partial charge is 0.494 e. The van der Waals surface area contributed by atoms with Gasteiger partial charge in [0.2, 0.25) is 15.9 Å². The van der Waals surface area contributed by atoms with Crippen LogP contribution in [0.2, 0.25) is 0 Å². The Balaban J connectivity index is 2.25. The van der Waals surface area contributed by atoms with E-state index in [0.29, 0.717) is 18.9 Å². The van der Waals surface area contributed by atoms with Crippen molar-refractivity contribution >= 4 is 15.9 Å². The minimum atomic E-state index is -3.88. The molecule has 0 heterocycles. The Morgan fingerprint density at radius 3 is 2.38 bits per heavy atom. The summed E-state index contributed by atoms with van der Waals surface area (Å²) in [4.78, 5) is 12.8. The fourth-order valence-corrected chi connectivity index (χ4v) is 4.11. The molecule has 0 aliphatic rings. The molecule has 0 saturated heterocycles. The number of hydrogen-bond donors (Lipinski definition) is 2. The Hall–Kier alpha value is -2.38. The van der Waals surface area contributed by atoms with Gasteiger partial charge < -0.3 is 10.1 Å². The van der Waals surface area contributed by atoms with E-state index in [2.05, 4.69) is 10.0 Å². The summed E-state index contributed by atoms with van der Waals surface area (Å²) >= 11 is 0. The van der Waals surface area contributed by atoms with E-state index in [9.17, 15) is 13.2 Å². The Morgan fingerprint density at radius 2 is 1.79 bits per heavy atom. The molecule has 7 heteroatoms. The van der Waals surface area contributed by atoms with E-state index >= 15 is 0 Å². The number of benzene rings is 2. The second-order valence-electron chi connectivity index (χ2n) is 7.36. The van der Waals surface area contributed by atoms with Gasteiger partial charge in [-0.3, -0.25) is 4.79 Å². The van der Waals surface area contributed by atoms with E-state index in [0.717, 1.165) is 11.1 Å². The van der Waals surface area contributed by atoms with Gasteiger partial charge in [0.25, 0.3) is 0 Å². The summed E-state index contributed by atoms with van der Waals surface area (Å²) in [7, 11) is -3.88. The zero-order chi connectivity index (χ0) is 21.4. The smallest absolute Gasteiger partial charge is 0.241 e. The number of nitrogens with one attached hydrogen (secondary N) is 2. The molecular weight excluding hydrogens is 388 g/mol. The van der Waals surface area contributed by atoms with Crippen molar-refractivity contribution in [2.45, 2.75) is 45.1 Å². The third kappa shape index (κ3) is 6.87. The standard InChI is InChI=1S/C22H30N2O4S/c1-5-28-21-12-11-19(13-17(21)4)29(26,27)24-20(22(25)23-15-16(2)3)14-18-9-7-6-8-10-18/h6-13,16,20,24H,5,14-15H2,1-4H3,(H,23,25). The molecule has 0 saturated carbocycles. The summed E-state index contributed by atoms with van der Waals surface area (Å²) < 4.78 is 34.0. The molecule has 0 fully saturated rings. The molecule has 29 heavy (non-hydrogen) atoms. The molecule has 0 bridgehead atoms. The quantitative estimate of drug-likeness (QED) is 0.621. The molecule has 6 nitrogen and oxygen atoms in total. The average molecular weight is 419 g/mol. The van der Waals surface area contributed by atoms with Gasteiger partial charge in [0, 0.05) is 6.54 Å². The van der Waals surface area contributed by atoms with E-state index in [1.54, 1.807) is 19.1 Å². The SMILES string of the molecule is CCOc1ccc(S(=O)(=O)NC(Cc2ccccc2)C(=O)NCC(C)C)cc1C. The first-order valence-electron chi connectivity index (χ1n) is 9.80. The van der Waals surface area contributed by atoms with Crippen LogP contribution in [0.5, 0.6) is 5.75 Å². The molecular formula is C22H30N2O4S. The Kier molecular flexibility index (Phi) is 8.22. The molecule has 0 aromatic heterocycles. The van der Waals surface area contributed by atoms with Gasteiger partial charge in [-0.2, -0.15) is 4.72 Å². The predicted molar refractivity (Wildman–Crippen MR) is 114 cm³/mol. The summed E-state index contributed by atoms with van der Waals surface area (Å²) in [5.41, 5.74) is 1.60. The molecule has 2 rings (SSSR count). The molecule has 1 atom stereocenters. The molecule has 0 radical (unpaired) electrons. The van der Waals surface area contributed by atoms with Crippen LogP contribution in [0.1, 0.15) is 31.9 Å². The van der Waals surface area contributed by atoms with Crippen LogP contribution in [-0.4, -0.2) is 33.5 Å². The third-order valence-electron chi connectivity index (χ3n) is 4.34. The fraction of sp³-hybridized carbons (Fsp3) is 0.409. The molecule has 0 spiro atoms. The molecule has 158 valence electrons. The normalized spacial score (nSPS) is 12.6. The molecule has 0 aliphatic carbocycles. The van der Waals surface area contributed by atoms with Crippen molar-refractivity contribution in [2.24, 2.45) is 5.92 Å². The lowest BCUT2D eigenvalue weighted by molar-refractivity contribution is -0.122. The molecule has 1 unspecified atom stereocenters. The molecule has 2 aromatic rings. The first kappa shape index (κ1) is 22.9. The summed E-state index contributed by atoms with van der Waals surface area (Å²) in [5.74, 6) is 0.567. The summed E-state index contributed by atoms with van der Waals surface area (Å²) in [6, 6.07) is 13.1. The van der Waals surface area contributed by atoms with Crippen LogP contribution in [0.15, 0.2) is 53.4 Å². The highest BCUT2D eigenvalue weighted by Crippen LogP contribution is 2.22. The number of carbonyl (C=O) groups excluding carboxylic acids is 1. The highest BCUT2D eigenvalue weighted by atomic mass is 32.2. The van der Waals surface area contributed by atoms with E-state index < -0.39 is 16.1 Å². The van der Waals surface area contributed by atoms with E-state index in [4.69, 9.17) is 4.74 Å². The van der Waals surface area contributed by atoms with Crippen molar-refractivity contribution in [3.63, 3.8) is 0 Å². The van der Waals surface area contributed by atoms with Gasteiger partial charge >= 0.3 is 0 Å². The van der Waals surface area contributed by atoms with Crippen LogP contribution in [0.25, 0.3) is 0 Å². The first-order valence-corrected chi connectivity index (χ1v) is 11.3. The minimum Gasteiger partial charge on any atom is -0.494 e. The van der Waals surface area contributed by atoms with E-state index in [-0.39, 0.29) is 23.1 Å². The van der Waals surface area contributed by atoms with Gasteiger partial charge in [0.1, 0.15) is 11.8 Å². The van der Waals surface area contributed by atoms with Crippen LogP contribution in [-0.2, 0) is 21.2 Å². The zero-order valence-electron chi connectivity index (χ0n) is 17.4.